The highest BCUT2D eigenvalue weighted by Crippen LogP contribution is 2.09. The molecule has 5 N–H and O–H groups in total. The van der Waals surface area contributed by atoms with Crippen LogP contribution in [0.15, 0.2) is 0 Å². The fourth-order valence-corrected chi connectivity index (χ4v) is 2.29. The second-order valence-corrected chi connectivity index (χ2v) is 5.76. The van der Waals surface area contributed by atoms with E-state index >= 15 is 0 Å². The lowest BCUT2D eigenvalue weighted by Gasteiger charge is -2.14. The van der Waals surface area contributed by atoms with Crippen molar-refractivity contribution in [1.82, 2.24) is 5.32 Å². The summed E-state index contributed by atoms with van der Waals surface area (Å²) in [5, 5.41) is 20.1. The molecule has 0 fully saturated rings. The zero-order chi connectivity index (χ0) is 17.5. The minimum absolute atomic E-state index is 0.211. The van der Waals surface area contributed by atoms with E-state index in [-0.39, 0.29) is 12.3 Å². The molecular weight excluding hydrogens is 300 g/mol. The van der Waals surface area contributed by atoms with Crippen LogP contribution in [0.2, 0.25) is 0 Å². The van der Waals surface area contributed by atoms with Gasteiger partial charge in [0.05, 0.1) is 0 Å². The molecule has 0 saturated heterocycles. The highest BCUT2D eigenvalue weighted by atomic mass is 16.4. The number of nitrogens with two attached hydrogens (primary N) is 1. The van der Waals surface area contributed by atoms with Crippen molar-refractivity contribution in [3.8, 4) is 0 Å². The quantitative estimate of drug-likeness (QED) is 0.339. The number of hydrogen-bond acceptors (Lipinski definition) is 4. The van der Waals surface area contributed by atoms with Gasteiger partial charge in [-0.15, -0.1) is 0 Å². The average molecular weight is 330 g/mol. The SMILES string of the molecule is NCCCC[C@H](NC(=O)CCCCCCCCC(=O)O)C(=O)O. The standard InChI is InChI=1S/C16H30N2O5/c17-12-8-7-9-13(16(22)23)18-14(19)10-5-3-1-2-4-6-11-15(20)21/h13H,1-12,17H2,(H,18,19)(H,20,21)(H,22,23)/t13-/m0/s1. The molecule has 0 radical (unpaired) electrons. The van der Waals surface area contributed by atoms with E-state index in [2.05, 4.69) is 5.32 Å². The Hall–Kier alpha value is -1.63. The van der Waals surface area contributed by atoms with E-state index < -0.39 is 18.0 Å². The molecule has 0 aromatic heterocycles. The van der Waals surface area contributed by atoms with E-state index in [4.69, 9.17) is 15.9 Å². The zero-order valence-electron chi connectivity index (χ0n) is 13.8. The van der Waals surface area contributed by atoms with Gasteiger partial charge < -0.3 is 21.3 Å². The maximum atomic E-state index is 11.7. The number of amides is 1. The lowest BCUT2D eigenvalue weighted by atomic mass is 10.1. The Labute approximate surface area is 137 Å². The maximum Gasteiger partial charge on any atom is 0.326 e. The lowest BCUT2D eigenvalue weighted by molar-refractivity contribution is -0.142. The number of hydrogen-bond donors (Lipinski definition) is 4. The van der Waals surface area contributed by atoms with E-state index in [1.54, 1.807) is 0 Å². The molecule has 0 heterocycles. The van der Waals surface area contributed by atoms with Gasteiger partial charge in [-0.1, -0.05) is 25.7 Å². The van der Waals surface area contributed by atoms with E-state index in [1.807, 2.05) is 0 Å². The summed E-state index contributed by atoms with van der Waals surface area (Å²) < 4.78 is 0. The minimum Gasteiger partial charge on any atom is -0.481 e. The maximum absolute atomic E-state index is 11.7. The van der Waals surface area contributed by atoms with Crippen molar-refractivity contribution < 1.29 is 24.6 Å². The van der Waals surface area contributed by atoms with E-state index in [0.29, 0.717) is 32.2 Å². The molecule has 134 valence electrons. The van der Waals surface area contributed by atoms with Crippen molar-refractivity contribution in [2.75, 3.05) is 6.54 Å². The predicted molar refractivity (Wildman–Crippen MR) is 87.0 cm³/mol. The largest absolute Gasteiger partial charge is 0.481 e. The van der Waals surface area contributed by atoms with Crippen LogP contribution >= 0.6 is 0 Å². The fraction of sp³-hybridized carbons (Fsp3) is 0.812. The molecule has 0 bridgehead atoms. The summed E-state index contributed by atoms with van der Waals surface area (Å²) in [6.07, 6.45) is 7.51. The number of carbonyl (C=O) groups excluding carboxylic acids is 1. The summed E-state index contributed by atoms with van der Waals surface area (Å²) in [5.41, 5.74) is 5.37. The van der Waals surface area contributed by atoms with Crippen molar-refractivity contribution in [3.63, 3.8) is 0 Å². The zero-order valence-corrected chi connectivity index (χ0v) is 13.8. The van der Waals surface area contributed by atoms with Crippen molar-refractivity contribution in [2.24, 2.45) is 5.73 Å². The number of nitrogens with one attached hydrogen (secondary N) is 1. The van der Waals surface area contributed by atoms with Gasteiger partial charge in [0.15, 0.2) is 0 Å². The Balaban J connectivity index is 3.67. The van der Waals surface area contributed by atoms with E-state index in [9.17, 15) is 14.4 Å². The van der Waals surface area contributed by atoms with Crippen LogP contribution in [-0.2, 0) is 14.4 Å². The van der Waals surface area contributed by atoms with Crippen LogP contribution < -0.4 is 11.1 Å². The van der Waals surface area contributed by atoms with Crippen LogP contribution in [0.5, 0.6) is 0 Å². The normalized spacial score (nSPS) is 11.9. The monoisotopic (exact) mass is 330 g/mol. The molecule has 0 aliphatic rings. The number of unbranched alkanes of at least 4 members (excludes halogenated alkanes) is 6. The van der Waals surface area contributed by atoms with Gasteiger partial charge in [-0.2, -0.15) is 0 Å². The van der Waals surface area contributed by atoms with Crippen molar-refractivity contribution >= 4 is 17.8 Å². The molecule has 0 aliphatic heterocycles. The molecule has 7 nitrogen and oxygen atoms in total. The van der Waals surface area contributed by atoms with Crippen LogP contribution in [0.3, 0.4) is 0 Å². The molecule has 23 heavy (non-hydrogen) atoms. The van der Waals surface area contributed by atoms with Crippen molar-refractivity contribution in [1.29, 1.82) is 0 Å². The number of carbonyl (C=O) groups is 3. The summed E-state index contributed by atoms with van der Waals surface area (Å²) in [6.45, 7) is 0.521. The highest BCUT2D eigenvalue weighted by Gasteiger charge is 2.18. The molecule has 1 atom stereocenters. The van der Waals surface area contributed by atoms with E-state index in [1.165, 1.54) is 0 Å². The Morgan fingerprint density at radius 1 is 0.826 bits per heavy atom. The smallest absolute Gasteiger partial charge is 0.326 e. The average Bonchev–Trinajstić information content (AvgIpc) is 2.48. The number of rotatable bonds is 15. The first kappa shape index (κ1) is 21.4. The topological polar surface area (TPSA) is 130 Å². The number of aliphatic carboxylic acids is 2. The second kappa shape index (κ2) is 14.0. The van der Waals surface area contributed by atoms with Crippen LogP contribution in [0, 0.1) is 0 Å². The first-order chi connectivity index (χ1) is 11.0. The van der Waals surface area contributed by atoms with Crippen LogP contribution in [-0.4, -0.2) is 40.6 Å². The molecule has 0 rings (SSSR count). The molecule has 0 spiro atoms. The van der Waals surface area contributed by atoms with E-state index in [0.717, 1.165) is 38.5 Å². The summed E-state index contributed by atoms with van der Waals surface area (Å²) in [6, 6.07) is -0.829. The molecule has 7 heteroatoms. The Bertz CT molecular complexity index is 360. The summed E-state index contributed by atoms with van der Waals surface area (Å²) >= 11 is 0. The van der Waals surface area contributed by atoms with Gasteiger partial charge in [0.1, 0.15) is 6.04 Å². The second-order valence-electron chi connectivity index (χ2n) is 5.76. The van der Waals surface area contributed by atoms with Crippen molar-refractivity contribution in [3.05, 3.63) is 0 Å². The fourth-order valence-electron chi connectivity index (χ4n) is 2.29. The van der Waals surface area contributed by atoms with Gasteiger partial charge in [0.2, 0.25) is 5.91 Å². The first-order valence-electron chi connectivity index (χ1n) is 8.41. The Morgan fingerprint density at radius 2 is 1.39 bits per heavy atom. The minimum atomic E-state index is -1.01. The molecule has 0 unspecified atom stereocenters. The van der Waals surface area contributed by atoms with Gasteiger partial charge in [0.25, 0.3) is 0 Å². The van der Waals surface area contributed by atoms with Gasteiger partial charge in [-0.05, 0) is 38.6 Å². The summed E-state index contributed by atoms with van der Waals surface area (Å²) in [7, 11) is 0. The third-order valence-corrected chi connectivity index (χ3v) is 3.62. The summed E-state index contributed by atoms with van der Waals surface area (Å²) in [4.78, 5) is 33.1. The lowest BCUT2D eigenvalue weighted by Crippen LogP contribution is -2.40. The number of carboxylic acids is 2. The van der Waals surface area contributed by atoms with Crippen LogP contribution in [0.4, 0.5) is 0 Å². The van der Waals surface area contributed by atoms with Crippen molar-refractivity contribution in [2.45, 2.75) is 76.7 Å². The van der Waals surface area contributed by atoms with Gasteiger partial charge in [-0.25, -0.2) is 4.79 Å². The molecular formula is C16H30N2O5. The summed E-state index contributed by atoms with van der Waals surface area (Å²) in [5.74, 6) is -1.99. The molecule has 1 amide bonds. The molecule has 0 aliphatic carbocycles. The highest BCUT2D eigenvalue weighted by molar-refractivity contribution is 5.83. The van der Waals surface area contributed by atoms with Gasteiger partial charge in [0, 0.05) is 12.8 Å². The van der Waals surface area contributed by atoms with Crippen LogP contribution in [0.1, 0.15) is 70.6 Å². The third kappa shape index (κ3) is 13.7. The third-order valence-electron chi connectivity index (χ3n) is 3.62. The number of carboxylic acid groups (broad SMARTS) is 2. The Kier molecular flexibility index (Phi) is 13.0. The predicted octanol–water partition coefficient (Wildman–Crippen LogP) is 1.89. The Morgan fingerprint density at radius 3 is 1.91 bits per heavy atom. The molecule has 0 saturated carbocycles. The first-order valence-corrected chi connectivity index (χ1v) is 8.41. The van der Waals surface area contributed by atoms with Crippen LogP contribution in [0.25, 0.3) is 0 Å². The van der Waals surface area contributed by atoms with Gasteiger partial charge >= 0.3 is 11.9 Å². The van der Waals surface area contributed by atoms with Gasteiger partial charge in [-0.3, -0.25) is 9.59 Å². The molecule has 0 aromatic carbocycles. The molecule has 0 aromatic rings.